The number of ether oxygens (including phenoxy) is 1. The maximum Gasteiger partial charge on any atom is 0.311 e. The number of carbonyl (C=O) groups is 3. The first kappa shape index (κ1) is 30.7. The molecule has 0 radical (unpaired) electrons. The molecule has 38 heavy (non-hydrogen) atoms. The van der Waals surface area contributed by atoms with E-state index in [4.69, 9.17) is 4.74 Å². The molecule has 8 heteroatoms. The number of rotatable bonds is 16. The molecule has 1 N–H and O–H groups in total. The van der Waals surface area contributed by atoms with Crippen molar-refractivity contribution in [1.82, 2.24) is 9.80 Å². The fraction of sp³-hybridized carbons (Fsp3) is 0.767. The number of aliphatic hydroxyl groups is 1. The third-order valence-corrected chi connectivity index (χ3v) is 10.7. The number of hydrogen-bond donors (Lipinski definition) is 1. The number of amides is 2. The van der Waals surface area contributed by atoms with E-state index in [9.17, 15) is 19.5 Å². The Hall–Kier alpha value is -1.80. The van der Waals surface area contributed by atoms with Crippen LogP contribution in [-0.4, -0.2) is 80.6 Å². The number of nitrogens with zero attached hydrogens (tertiary/aromatic N) is 2. The number of likely N-dealkylation sites (tertiary alicyclic amines) is 1. The lowest BCUT2D eigenvalue weighted by atomic mass is 9.66. The van der Waals surface area contributed by atoms with Crippen molar-refractivity contribution in [2.45, 2.75) is 101 Å². The predicted molar refractivity (Wildman–Crippen MR) is 153 cm³/mol. The number of unbranched alkanes of at least 4 members (excludes halogenated alkanes) is 4. The van der Waals surface area contributed by atoms with Crippen molar-refractivity contribution in [2.24, 2.45) is 17.8 Å². The Labute approximate surface area is 233 Å². The highest BCUT2D eigenvalue weighted by molar-refractivity contribution is 8.02. The Morgan fingerprint density at radius 3 is 2.55 bits per heavy atom. The number of allylic oxidation sites excluding steroid dienone is 1. The number of thioether (sulfide) groups is 1. The monoisotopic (exact) mass is 548 g/mol. The molecule has 0 aliphatic carbocycles. The van der Waals surface area contributed by atoms with Crippen molar-refractivity contribution in [1.29, 1.82) is 0 Å². The molecule has 3 saturated heterocycles. The molecule has 0 aromatic rings. The van der Waals surface area contributed by atoms with Gasteiger partial charge in [-0.3, -0.25) is 14.4 Å². The number of fused-ring (bicyclic) bond motifs is 1. The minimum atomic E-state index is -0.724. The summed E-state index contributed by atoms with van der Waals surface area (Å²) in [5.41, 5.74) is 0. The molecule has 3 heterocycles. The van der Waals surface area contributed by atoms with Gasteiger partial charge in [-0.1, -0.05) is 45.8 Å². The lowest BCUT2D eigenvalue weighted by Gasteiger charge is -2.40. The van der Waals surface area contributed by atoms with Crippen molar-refractivity contribution < 1.29 is 24.2 Å². The zero-order chi connectivity index (χ0) is 28.1. The molecule has 214 valence electrons. The molecular weight excluding hydrogens is 500 g/mol. The molecule has 3 aliphatic rings. The van der Waals surface area contributed by atoms with Gasteiger partial charge < -0.3 is 19.6 Å². The summed E-state index contributed by atoms with van der Waals surface area (Å²) in [4.78, 5) is 45.7. The average molecular weight is 549 g/mol. The number of esters is 1. The summed E-state index contributed by atoms with van der Waals surface area (Å²) in [6.45, 7) is 16.8. The van der Waals surface area contributed by atoms with Gasteiger partial charge in [-0.15, -0.1) is 24.9 Å². The van der Waals surface area contributed by atoms with Crippen LogP contribution >= 0.6 is 11.8 Å². The van der Waals surface area contributed by atoms with E-state index in [1.54, 1.807) is 22.7 Å². The van der Waals surface area contributed by atoms with Gasteiger partial charge in [-0.05, 0) is 51.4 Å². The summed E-state index contributed by atoms with van der Waals surface area (Å²) < 4.78 is 4.58. The van der Waals surface area contributed by atoms with Gasteiger partial charge in [0.25, 0.3) is 0 Å². The Balaban J connectivity index is 1.99. The van der Waals surface area contributed by atoms with Gasteiger partial charge in [0, 0.05) is 17.8 Å². The highest BCUT2D eigenvalue weighted by atomic mass is 32.2. The number of hydrogen-bond acceptors (Lipinski definition) is 6. The van der Waals surface area contributed by atoms with Gasteiger partial charge in [0.1, 0.15) is 6.04 Å². The number of aliphatic hydroxyl groups excluding tert-OH is 1. The lowest BCUT2D eigenvalue weighted by molar-refractivity contribution is -0.156. The SMILES string of the molecule is C=CCCCCOC(=O)[C@H]1[C@H]2C(=O)N([C@@H](CO)C(C)C)C(C(=O)N(CC=C)CCCCC)C23CC[C@]1(C)S3. The van der Waals surface area contributed by atoms with Gasteiger partial charge in [0.05, 0.1) is 35.8 Å². The normalized spacial score (nSPS) is 30.4. The molecule has 6 atom stereocenters. The average Bonchev–Trinajstić information content (AvgIpc) is 3.44. The Morgan fingerprint density at radius 2 is 1.95 bits per heavy atom. The van der Waals surface area contributed by atoms with E-state index in [0.717, 1.165) is 44.9 Å². The van der Waals surface area contributed by atoms with Crippen LogP contribution in [0.5, 0.6) is 0 Å². The standard InChI is InChI=1S/C30H48N2O5S/c1-7-10-12-14-19-37-28(36)24-23-26(34)32(22(20-33)21(4)5)25(30(23)16-15-29(24,6)38-30)27(35)31(17-9-3)18-13-11-8-2/h7,9,21-25,33H,1,3,8,10-20H2,2,4-6H3/t22-,23-,24+,25?,29-,30?/m0/s1. The summed E-state index contributed by atoms with van der Waals surface area (Å²) >= 11 is 1.65. The molecule has 0 aromatic carbocycles. The molecule has 0 saturated carbocycles. The fourth-order valence-corrected chi connectivity index (χ4v) is 9.13. The second kappa shape index (κ2) is 13.0. The molecule has 2 unspecified atom stereocenters. The van der Waals surface area contributed by atoms with Crippen LogP contribution in [0, 0.1) is 17.8 Å². The van der Waals surface area contributed by atoms with Crippen LogP contribution in [0.4, 0.5) is 0 Å². The minimum absolute atomic E-state index is 0.0459. The molecule has 0 aromatic heterocycles. The summed E-state index contributed by atoms with van der Waals surface area (Å²) in [5, 5.41) is 10.4. The second-order valence-corrected chi connectivity index (χ2v) is 13.6. The fourth-order valence-electron chi connectivity index (χ4n) is 6.80. The van der Waals surface area contributed by atoms with Crippen LogP contribution in [0.3, 0.4) is 0 Å². The largest absolute Gasteiger partial charge is 0.465 e. The van der Waals surface area contributed by atoms with E-state index in [-0.39, 0.29) is 30.3 Å². The summed E-state index contributed by atoms with van der Waals surface area (Å²) in [5.74, 6) is -1.89. The summed E-state index contributed by atoms with van der Waals surface area (Å²) in [6.07, 6.45) is 10.5. The van der Waals surface area contributed by atoms with Gasteiger partial charge in [0.2, 0.25) is 11.8 Å². The Morgan fingerprint density at radius 1 is 1.21 bits per heavy atom. The predicted octanol–water partition coefficient (Wildman–Crippen LogP) is 4.59. The summed E-state index contributed by atoms with van der Waals surface area (Å²) in [6, 6.07) is -1.22. The van der Waals surface area contributed by atoms with Crippen molar-refractivity contribution in [3.05, 3.63) is 25.3 Å². The molecule has 2 bridgehead atoms. The Kier molecular flexibility index (Phi) is 10.5. The summed E-state index contributed by atoms with van der Waals surface area (Å²) in [7, 11) is 0. The van der Waals surface area contributed by atoms with Crippen molar-refractivity contribution in [3.8, 4) is 0 Å². The zero-order valence-electron chi connectivity index (χ0n) is 23.8. The molecule has 2 amide bonds. The first-order chi connectivity index (χ1) is 18.1. The minimum Gasteiger partial charge on any atom is -0.465 e. The highest BCUT2D eigenvalue weighted by Gasteiger charge is 2.78. The second-order valence-electron chi connectivity index (χ2n) is 11.7. The zero-order valence-corrected chi connectivity index (χ0v) is 24.6. The topological polar surface area (TPSA) is 87.1 Å². The Bertz CT molecular complexity index is 894. The van der Waals surface area contributed by atoms with E-state index in [1.807, 2.05) is 24.8 Å². The van der Waals surface area contributed by atoms with Crippen molar-refractivity contribution >= 4 is 29.5 Å². The van der Waals surface area contributed by atoms with Crippen LogP contribution in [0.1, 0.15) is 79.1 Å². The first-order valence-electron chi connectivity index (χ1n) is 14.4. The molecule has 1 spiro atoms. The maximum atomic E-state index is 14.4. The lowest BCUT2D eigenvalue weighted by Crippen LogP contribution is -2.58. The van der Waals surface area contributed by atoms with Crippen LogP contribution < -0.4 is 0 Å². The van der Waals surface area contributed by atoms with E-state index in [1.165, 1.54) is 0 Å². The molecule has 7 nitrogen and oxygen atoms in total. The van der Waals surface area contributed by atoms with Gasteiger partial charge in [-0.25, -0.2) is 0 Å². The van der Waals surface area contributed by atoms with E-state index in [2.05, 4.69) is 27.0 Å². The van der Waals surface area contributed by atoms with E-state index >= 15 is 0 Å². The van der Waals surface area contributed by atoms with E-state index in [0.29, 0.717) is 26.1 Å². The van der Waals surface area contributed by atoms with Gasteiger partial charge in [-0.2, -0.15) is 0 Å². The highest BCUT2D eigenvalue weighted by Crippen LogP contribution is 2.72. The van der Waals surface area contributed by atoms with Gasteiger partial charge in [0.15, 0.2) is 0 Å². The smallest absolute Gasteiger partial charge is 0.311 e. The molecular formula is C30H48N2O5S. The van der Waals surface area contributed by atoms with Crippen LogP contribution in [0.25, 0.3) is 0 Å². The third-order valence-electron chi connectivity index (χ3n) is 8.76. The maximum absolute atomic E-state index is 14.4. The third kappa shape index (κ3) is 5.58. The molecule has 3 rings (SSSR count). The van der Waals surface area contributed by atoms with Crippen molar-refractivity contribution in [2.75, 3.05) is 26.3 Å². The van der Waals surface area contributed by atoms with Crippen LogP contribution in [-0.2, 0) is 19.1 Å². The number of carbonyl (C=O) groups excluding carboxylic acids is 3. The van der Waals surface area contributed by atoms with Crippen molar-refractivity contribution in [3.63, 3.8) is 0 Å². The van der Waals surface area contributed by atoms with Gasteiger partial charge >= 0.3 is 5.97 Å². The first-order valence-corrected chi connectivity index (χ1v) is 15.3. The van der Waals surface area contributed by atoms with Crippen LogP contribution in [0.2, 0.25) is 0 Å². The van der Waals surface area contributed by atoms with E-state index < -0.39 is 33.4 Å². The quantitative estimate of drug-likeness (QED) is 0.173. The molecule has 3 fully saturated rings. The van der Waals surface area contributed by atoms with Crippen LogP contribution in [0.15, 0.2) is 25.3 Å². The molecule has 3 aliphatic heterocycles.